The first kappa shape index (κ1) is 12.8. The van der Waals surface area contributed by atoms with Crippen LogP contribution in [0.15, 0.2) is 6.20 Å². The number of carbonyl (C=O) groups is 1. The van der Waals surface area contributed by atoms with Gasteiger partial charge in [0.2, 0.25) is 0 Å². The molecule has 4 nitrogen and oxygen atoms in total. The summed E-state index contributed by atoms with van der Waals surface area (Å²) in [7, 11) is 4.72. The van der Waals surface area contributed by atoms with Crippen LogP contribution in [0.4, 0.5) is 0 Å². The molecular formula is C11H20BN2O2+. The van der Waals surface area contributed by atoms with Crippen molar-refractivity contribution in [2.75, 3.05) is 6.61 Å². The molecule has 0 aromatic carbocycles. The first-order chi connectivity index (χ1) is 7.47. The summed E-state index contributed by atoms with van der Waals surface area (Å²) >= 11 is 0. The summed E-state index contributed by atoms with van der Waals surface area (Å²) < 4.78 is 9.17. The molecule has 5 heteroatoms. The largest absolute Gasteiger partial charge is 0.466 e. The van der Waals surface area contributed by atoms with Gasteiger partial charge in [0.25, 0.3) is 7.28 Å². The first-order valence-electron chi connectivity index (χ1n) is 5.64. The van der Waals surface area contributed by atoms with E-state index in [1.807, 2.05) is 27.9 Å². The molecule has 0 saturated heterocycles. The maximum atomic E-state index is 11.5. The molecule has 0 aliphatic rings. The number of rotatable bonds is 4. The van der Waals surface area contributed by atoms with Crippen LogP contribution in [0.2, 0.25) is 5.82 Å². The number of nitrogens with zero attached hydrogens (tertiary/aromatic N) is 2. The third-order valence-corrected chi connectivity index (χ3v) is 2.88. The van der Waals surface area contributed by atoms with Crippen LogP contribution in [0.1, 0.15) is 19.5 Å². The summed E-state index contributed by atoms with van der Waals surface area (Å²) in [4.78, 5) is 11.5. The second-order valence-electron chi connectivity index (χ2n) is 4.21. The molecule has 0 aliphatic carbocycles. The molecule has 1 atom stereocenters. The van der Waals surface area contributed by atoms with Crippen molar-refractivity contribution in [1.82, 2.24) is 4.57 Å². The summed E-state index contributed by atoms with van der Waals surface area (Å²) in [5, 5.41) is 0. The van der Waals surface area contributed by atoms with E-state index in [1.54, 1.807) is 0 Å². The lowest BCUT2D eigenvalue weighted by Gasteiger charge is -2.07. The van der Waals surface area contributed by atoms with E-state index in [0.717, 1.165) is 5.72 Å². The van der Waals surface area contributed by atoms with E-state index in [2.05, 4.69) is 22.3 Å². The fourth-order valence-corrected chi connectivity index (χ4v) is 1.80. The van der Waals surface area contributed by atoms with Crippen molar-refractivity contribution in [1.29, 1.82) is 0 Å². The van der Waals surface area contributed by atoms with Gasteiger partial charge in [-0.05, 0) is 6.92 Å². The fraction of sp³-hybridized carbons (Fsp3) is 0.636. The van der Waals surface area contributed by atoms with E-state index in [9.17, 15) is 4.79 Å². The molecule has 16 heavy (non-hydrogen) atoms. The Kier molecular flexibility index (Phi) is 4.15. The highest BCUT2D eigenvalue weighted by atomic mass is 16.5. The maximum absolute atomic E-state index is 11.5. The van der Waals surface area contributed by atoms with Gasteiger partial charge in [0.05, 0.1) is 20.7 Å². The van der Waals surface area contributed by atoms with E-state index in [4.69, 9.17) is 4.74 Å². The van der Waals surface area contributed by atoms with Gasteiger partial charge in [0.15, 0.2) is 5.72 Å². The molecule has 1 aromatic rings. The number of carbonyl (C=O) groups excluding carboxylic acids is 1. The summed E-state index contributed by atoms with van der Waals surface area (Å²) in [6.45, 7) is 6.23. The van der Waals surface area contributed by atoms with Crippen molar-refractivity contribution in [2.24, 2.45) is 14.1 Å². The van der Waals surface area contributed by atoms with Gasteiger partial charge < -0.3 is 4.74 Å². The Morgan fingerprint density at radius 1 is 1.69 bits per heavy atom. The SMILES string of the molecule is CCOC(=O)C(C)Bc1n(C)cc(C)[n+]1C. The number of imidazole rings is 1. The van der Waals surface area contributed by atoms with Crippen LogP contribution in [0.3, 0.4) is 0 Å². The highest BCUT2D eigenvalue weighted by Crippen LogP contribution is 2.03. The monoisotopic (exact) mass is 223 g/mol. The first-order valence-corrected chi connectivity index (χ1v) is 5.64. The van der Waals surface area contributed by atoms with Crippen molar-refractivity contribution >= 4 is 19.0 Å². The lowest BCUT2D eigenvalue weighted by molar-refractivity contribution is -0.659. The van der Waals surface area contributed by atoms with Gasteiger partial charge in [-0.1, -0.05) is 6.92 Å². The van der Waals surface area contributed by atoms with Crippen LogP contribution in [0, 0.1) is 6.92 Å². The van der Waals surface area contributed by atoms with Crippen LogP contribution < -0.4 is 10.3 Å². The van der Waals surface area contributed by atoms with E-state index in [-0.39, 0.29) is 11.8 Å². The molecule has 0 N–H and O–H groups in total. The van der Waals surface area contributed by atoms with Crippen LogP contribution in [-0.4, -0.2) is 24.4 Å². The van der Waals surface area contributed by atoms with E-state index >= 15 is 0 Å². The van der Waals surface area contributed by atoms with Gasteiger partial charge in [-0.25, -0.2) is 9.13 Å². The Hall–Kier alpha value is -1.26. The second kappa shape index (κ2) is 5.19. The number of aryl methyl sites for hydroxylation is 2. The third kappa shape index (κ3) is 2.65. The van der Waals surface area contributed by atoms with Gasteiger partial charge in [-0.2, -0.15) is 0 Å². The Morgan fingerprint density at radius 3 is 2.75 bits per heavy atom. The predicted octanol–water partition coefficient (Wildman–Crippen LogP) is -0.409. The summed E-state index contributed by atoms with van der Waals surface area (Å²) in [6.07, 6.45) is 2.06. The van der Waals surface area contributed by atoms with Crippen molar-refractivity contribution in [3.63, 3.8) is 0 Å². The molecule has 0 saturated carbocycles. The molecule has 0 aliphatic heterocycles. The smallest absolute Gasteiger partial charge is 0.301 e. The Labute approximate surface area is 97.5 Å². The molecule has 1 aromatic heterocycles. The molecule has 1 heterocycles. The molecule has 1 rings (SSSR count). The standard InChI is InChI=1S/C11H20BN2O2/c1-6-16-10(15)9(3)12-11-13(4)7-8(2)14(11)5/h7,9,12H,6H2,1-5H3/q+1. The fourth-order valence-electron chi connectivity index (χ4n) is 1.80. The van der Waals surface area contributed by atoms with Crippen LogP contribution in [0.5, 0.6) is 0 Å². The molecule has 0 spiro atoms. The topological polar surface area (TPSA) is 35.1 Å². The summed E-state index contributed by atoms with van der Waals surface area (Å²) in [5.74, 6) is -0.222. The average Bonchev–Trinajstić information content (AvgIpc) is 2.45. The predicted molar refractivity (Wildman–Crippen MR) is 64.2 cm³/mol. The quantitative estimate of drug-likeness (QED) is 0.395. The molecule has 0 bridgehead atoms. The number of esters is 1. The summed E-state index contributed by atoms with van der Waals surface area (Å²) in [5.41, 5.74) is 2.33. The maximum Gasteiger partial charge on any atom is 0.301 e. The molecule has 1 unspecified atom stereocenters. The zero-order valence-corrected chi connectivity index (χ0v) is 10.8. The Balaban J connectivity index is 2.76. The summed E-state index contributed by atoms with van der Waals surface area (Å²) in [6, 6.07) is 0. The number of ether oxygens (including phenoxy) is 1. The van der Waals surface area contributed by atoms with Gasteiger partial charge in [-0.15, -0.1) is 0 Å². The van der Waals surface area contributed by atoms with Gasteiger partial charge in [0, 0.05) is 12.7 Å². The lowest BCUT2D eigenvalue weighted by Crippen LogP contribution is -2.52. The molecule has 0 radical (unpaired) electrons. The minimum absolute atomic E-state index is 0.0980. The van der Waals surface area contributed by atoms with Crippen molar-refractivity contribution < 1.29 is 14.1 Å². The van der Waals surface area contributed by atoms with Gasteiger partial charge >= 0.3 is 5.97 Å². The minimum atomic E-state index is -0.124. The van der Waals surface area contributed by atoms with E-state index in [1.165, 1.54) is 5.69 Å². The zero-order chi connectivity index (χ0) is 12.3. The number of hydrogen-bond donors (Lipinski definition) is 0. The molecular weight excluding hydrogens is 203 g/mol. The number of hydrogen-bond acceptors (Lipinski definition) is 2. The third-order valence-electron chi connectivity index (χ3n) is 2.88. The normalized spacial score (nSPS) is 12.3. The molecule has 88 valence electrons. The molecule has 0 fully saturated rings. The van der Waals surface area contributed by atoms with E-state index in [0.29, 0.717) is 13.9 Å². The van der Waals surface area contributed by atoms with Gasteiger partial charge in [0.1, 0.15) is 11.9 Å². The molecule has 0 amide bonds. The van der Waals surface area contributed by atoms with Crippen molar-refractivity contribution in [2.45, 2.75) is 26.6 Å². The van der Waals surface area contributed by atoms with Crippen molar-refractivity contribution in [3.8, 4) is 0 Å². The Bertz CT molecular complexity index is 388. The zero-order valence-electron chi connectivity index (χ0n) is 10.8. The highest BCUT2D eigenvalue weighted by molar-refractivity contribution is 6.56. The van der Waals surface area contributed by atoms with Crippen LogP contribution >= 0.6 is 0 Å². The lowest BCUT2D eigenvalue weighted by atomic mass is 9.64. The Morgan fingerprint density at radius 2 is 2.31 bits per heavy atom. The van der Waals surface area contributed by atoms with Crippen LogP contribution in [-0.2, 0) is 23.6 Å². The average molecular weight is 223 g/mol. The number of aromatic nitrogens is 2. The van der Waals surface area contributed by atoms with E-state index < -0.39 is 0 Å². The van der Waals surface area contributed by atoms with Crippen LogP contribution in [0.25, 0.3) is 0 Å². The minimum Gasteiger partial charge on any atom is -0.466 e. The van der Waals surface area contributed by atoms with Gasteiger partial charge in [-0.3, -0.25) is 4.79 Å². The van der Waals surface area contributed by atoms with Crippen molar-refractivity contribution in [3.05, 3.63) is 11.9 Å². The highest BCUT2D eigenvalue weighted by Gasteiger charge is 2.25. The second-order valence-corrected chi connectivity index (χ2v) is 4.21.